The number of carbonyl (C=O) groups is 10. The van der Waals surface area contributed by atoms with E-state index in [1.54, 1.807) is 0 Å². The summed E-state index contributed by atoms with van der Waals surface area (Å²) in [5.74, 6) is -2.46. The van der Waals surface area contributed by atoms with Gasteiger partial charge in [0.25, 0.3) is 0 Å². The molecule has 0 saturated heterocycles. The first kappa shape index (κ1) is 101. The fourth-order valence-corrected chi connectivity index (χ4v) is 9.19. The van der Waals surface area contributed by atoms with Crippen LogP contribution in [0.1, 0.15) is 103 Å². The van der Waals surface area contributed by atoms with Crippen molar-refractivity contribution in [2.45, 2.75) is 103 Å². The predicted molar refractivity (Wildman–Crippen MR) is 380 cm³/mol. The second-order valence-corrected chi connectivity index (χ2v) is 22.7. The lowest BCUT2D eigenvalue weighted by atomic mass is 10.2. The molecule has 0 unspecified atom stereocenters. The molecule has 0 radical (unpaired) electrons. The Labute approximate surface area is 596 Å². The Bertz CT molecular complexity index is 1970. The summed E-state index contributed by atoms with van der Waals surface area (Å²) >= 11 is 0. The highest BCUT2D eigenvalue weighted by atomic mass is 16.6. The molecule has 34 nitrogen and oxygen atoms in total. The lowest BCUT2D eigenvalue weighted by Crippen LogP contribution is -2.41. The number of esters is 10. The highest BCUT2D eigenvalue weighted by Gasteiger charge is 2.18. The number of hydrogen-bond acceptors (Lipinski definition) is 34. The number of nitrogens with zero attached hydrogens (tertiary/aromatic N) is 7. The van der Waals surface area contributed by atoms with E-state index in [0.29, 0.717) is 169 Å². The Morgan fingerprint density at radius 2 is 0.380 bits per heavy atom. The third-order valence-electron chi connectivity index (χ3n) is 15.4. The Morgan fingerprint density at radius 1 is 0.200 bits per heavy atom. The first-order chi connectivity index (χ1) is 48.1. The van der Waals surface area contributed by atoms with Gasteiger partial charge in [0.1, 0.15) is 0 Å². The average Bonchev–Trinajstić information content (AvgIpc) is 1.20. The molecule has 0 atom stereocenters. The molecule has 0 aromatic carbocycles. The van der Waals surface area contributed by atoms with Gasteiger partial charge in [-0.25, -0.2) is 0 Å². The summed E-state index contributed by atoms with van der Waals surface area (Å²) in [6.07, 6.45) is 9.41. The van der Waals surface area contributed by atoms with Gasteiger partial charge < -0.3 is 121 Å². The summed E-state index contributed by atoms with van der Waals surface area (Å²) in [6.45, 7) is 20.1. The molecule has 0 heterocycles. The number of unbranched alkanes of at least 4 members (excludes halogenated alkanes) is 4. The Balaban J connectivity index is -0.000000618. The SMILES string of the molecule is COC(=O)CCN(CCCCCN)CCN(CCC(=O)OC)CCC(=O)OC.COC(=O)CCN(CCN)CCN(CCN)CCC(=O)OC.COC(=O)CCN(CCN)CCNCCN(CCC(=O)OC)CCC(=O)OC.COC(=O)CCNCCN(CCCCCN)CCC(=O)OC. The van der Waals surface area contributed by atoms with Gasteiger partial charge in [0, 0.05) is 170 Å². The quantitative estimate of drug-likeness (QED) is 0.0197. The van der Waals surface area contributed by atoms with E-state index in [1.165, 1.54) is 71.1 Å². The smallest absolute Gasteiger partial charge is 0.306 e. The van der Waals surface area contributed by atoms with Crippen LogP contribution in [0.25, 0.3) is 0 Å². The molecule has 100 heavy (non-hydrogen) atoms. The molecule has 0 rings (SSSR count). The second kappa shape index (κ2) is 74.3. The minimum atomic E-state index is -0.285. The highest BCUT2D eigenvalue weighted by Crippen LogP contribution is 2.06. The van der Waals surface area contributed by atoms with Gasteiger partial charge in [-0.3, -0.25) is 47.9 Å². The first-order valence-electron chi connectivity index (χ1n) is 34.8. The van der Waals surface area contributed by atoms with E-state index < -0.39 is 0 Å². The van der Waals surface area contributed by atoms with Crippen LogP contribution in [0.5, 0.6) is 0 Å². The van der Waals surface area contributed by atoms with Crippen molar-refractivity contribution in [3.63, 3.8) is 0 Å². The summed E-state index contributed by atoms with van der Waals surface area (Å²) in [5, 5.41) is 6.54. The van der Waals surface area contributed by atoms with Crippen LogP contribution in [0.2, 0.25) is 0 Å². The summed E-state index contributed by atoms with van der Waals surface area (Å²) in [7, 11) is 13.7. The molecule has 12 N–H and O–H groups in total. The maximum absolute atomic E-state index is 11.5. The molecular weight excluding hydrogens is 1310 g/mol. The van der Waals surface area contributed by atoms with Gasteiger partial charge >= 0.3 is 59.7 Å². The van der Waals surface area contributed by atoms with E-state index in [4.69, 9.17) is 42.9 Å². The second-order valence-electron chi connectivity index (χ2n) is 22.7. The molecule has 0 saturated carbocycles. The summed E-state index contributed by atoms with van der Waals surface area (Å²) in [6, 6.07) is 0. The zero-order valence-electron chi connectivity index (χ0n) is 62.7. The van der Waals surface area contributed by atoms with Crippen molar-refractivity contribution in [1.29, 1.82) is 0 Å². The van der Waals surface area contributed by atoms with Crippen LogP contribution in [-0.2, 0) is 95.3 Å². The average molecular weight is 1440 g/mol. The van der Waals surface area contributed by atoms with Gasteiger partial charge in [-0.15, -0.1) is 0 Å². The van der Waals surface area contributed by atoms with E-state index in [1.807, 2.05) is 9.80 Å². The number of nitrogens with two attached hydrogens (primary N) is 5. The third-order valence-corrected chi connectivity index (χ3v) is 15.4. The zero-order valence-corrected chi connectivity index (χ0v) is 62.7. The summed E-state index contributed by atoms with van der Waals surface area (Å²) in [4.78, 5) is 128. The van der Waals surface area contributed by atoms with Gasteiger partial charge in [0.05, 0.1) is 135 Å². The lowest BCUT2D eigenvalue weighted by molar-refractivity contribution is -0.142. The fourth-order valence-electron chi connectivity index (χ4n) is 9.19. The van der Waals surface area contributed by atoms with E-state index in [-0.39, 0.29) is 85.4 Å². The minimum absolute atomic E-state index is 0.189. The first-order valence-corrected chi connectivity index (χ1v) is 34.8. The Kier molecular flexibility index (Phi) is 74.7. The van der Waals surface area contributed by atoms with Crippen LogP contribution in [0.3, 0.4) is 0 Å². The molecule has 0 aliphatic carbocycles. The van der Waals surface area contributed by atoms with Crippen LogP contribution >= 0.6 is 0 Å². The van der Waals surface area contributed by atoms with Crippen LogP contribution < -0.4 is 39.3 Å². The maximum Gasteiger partial charge on any atom is 0.306 e. The monoisotopic (exact) mass is 1440 g/mol. The number of ether oxygens (including phenoxy) is 10. The van der Waals surface area contributed by atoms with Crippen molar-refractivity contribution in [2.75, 3.05) is 267 Å². The normalized spacial score (nSPS) is 10.9. The molecule has 0 aliphatic heterocycles. The van der Waals surface area contributed by atoms with Crippen molar-refractivity contribution in [3.05, 3.63) is 0 Å². The van der Waals surface area contributed by atoms with Crippen molar-refractivity contribution in [2.24, 2.45) is 28.7 Å². The van der Waals surface area contributed by atoms with Crippen molar-refractivity contribution >= 4 is 59.7 Å². The molecule has 34 heteroatoms. The van der Waals surface area contributed by atoms with Crippen molar-refractivity contribution in [1.82, 2.24) is 44.9 Å². The Hall–Kier alpha value is -5.86. The summed E-state index contributed by atoms with van der Waals surface area (Å²) < 4.78 is 46.7. The van der Waals surface area contributed by atoms with Crippen LogP contribution in [-0.4, -0.2) is 361 Å². The zero-order chi connectivity index (χ0) is 75.8. The molecule has 0 amide bonds. The molecule has 588 valence electrons. The van der Waals surface area contributed by atoms with Gasteiger partial charge in [0.15, 0.2) is 0 Å². The molecular formula is C66H134N14O20. The molecule has 0 aliphatic rings. The third kappa shape index (κ3) is 67.9. The van der Waals surface area contributed by atoms with E-state index >= 15 is 0 Å². The number of hydrogen-bond donors (Lipinski definition) is 7. The largest absolute Gasteiger partial charge is 0.469 e. The predicted octanol–water partition coefficient (Wildman–Crippen LogP) is -2.00. The molecule has 0 spiro atoms. The van der Waals surface area contributed by atoms with E-state index in [0.717, 1.165) is 104 Å². The van der Waals surface area contributed by atoms with E-state index in [9.17, 15) is 47.9 Å². The van der Waals surface area contributed by atoms with Crippen LogP contribution in [0.4, 0.5) is 0 Å². The van der Waals surface area contributed by atoms with Crippen LogP contribution in [0, 0.1) is 0 Å². The summed E-state index contributed by atoms with van der Waals surface area (Å²) in [5.41, 5.74) is 27.8. The highest BCUT2D eigenvalue weighted by molar-refractivity contribution is 5.72. The van der Waals surface area contributed by atoms with Crippen molar-refractivity contribution < 1.29 is 95.3 Å². The van der Waals surface area contributed by atoms with Crippen molar-refractivity contribution in [3.8, 4) is 0 Å². The number of nitrogens with one attached hydrogen (secondary N) is 2. The van der Waals surface area contributed by atoms with E-state index in [2.05, 4.69) is 68.3 Å². The maximum atomic E-state index is 11.5. The lowest BCUT2D eigenvalue weighted by Gasteiger charge is -2.27. The Morgan fingerprint density at radius 3 is 0.600 bits per heavy atom. The standard InChI is InChI=1S/C19H37N3O6.C18H36N4O6.C15H31N3O4.C14H30N4O4/c1-26-17(23)7-12-21(11-6-4-5-10-20)15-16-22(13-8-18(24)27-2)14-9-19(25)28-3;1-26-16(23)4-10-21(11-5-17(24)27-2)14-8-20-9-15-22(13-7-19)12-6-18(25)28-3;1-21-14(19)6-9-17-10-13-18(11-5-3-4-8-16)12-7-15(20)22-2;1-21-13(19)3-7-17(9-5-15)11-12-18(10-6-16)8-4-14(20)22-2/h4-16,20H2,1-3H3;20H,4-15,19H2,1-3H3;17H,3-13,16H2,1-2H3;3-12,15-16H2,1-2H3. The van der Waals surface area contributed by atoms with Gasteiger partial charge in [0.2, 0.25) is 0 Å². The van der Waals surface area contributed by atoms with Gasteiger partial charge in [-0.1, -0.05) is 12.8 Å². The fraction of sp³-hybridized carbons (Fsp3) is 0.848. The van der Waals surface area contributed by atoms with Gasteiger partial charge in [-0.05, 0) is 51.9 Å². The number of methoxy groups -OCH3 is 10. The van der Waals surface area contributed by atoms with Crippen LogP contribution in [0.15, 0.2) is 0 Å². The minimum Gasteiger partial charge on any atom is -0.469 e. The number of rotatable bonds is 61. The molecule has 0 aromatic heterocycles. The molecule has 0 aromatic rings. The molecule has 0 bridgehead atoms. The molecule has 0 fully saturated rings. The van der Waals surface area contributed by atoms with Gasteiger partial charge in [-0.2, -0.15) is 0 Å². The number of carbonyl (C=O) groups excluding carboxylic acids is 10. The topological polar surface area (TPSA) is 440 Å².